The minimum absolute atomic E-state index is 0.475. The fourth-order valence-electron chi connectivity index (χ4n) is 1.73. The standard InChI is InChI=1S/C12H9ClN4S/c1-6-7(2)18-12-9(6)10(13)16-11(17-12)8-5-14-3-4-15-8/h3-5H,1-2H3. The van der Waals surface area contributed by atoms with Crippen molar-refractivity contribution >= 4 is 33.2 Å². The molecule has 3 aromatic rings. The molecule has 18 heavy (non-hydrogen) atoms. The van der Waals surface area contributed by atoms with Gasteiger partial charge in [-0.05, 0) is 19.4 Å². The number of fused-ring (bicyclic) bond motifs is 1. The molecule has 0 atom stereocenters. The van der Waals surface area contributed by atoms with E-state index in [0.717, 1.165) is 15.8 Å². The summed E-state index contributed by atoms with van der Waals surface area (Å²) in [6, 6.07) is 0. The fourth-order valence-corrected chi connectivity index (χ4v) is 3.13. The van der Waals surface area contributed by atoms with Gasteiger partial charge in [-0.2, -0.15) is 0 Å². The zero-order valence-electron chi connectivity index (χ0n) is 9.81. The van der Waals surface area contributed by atoms with Gasteiger partial charge in [0.15, 0.2) is 5.82 Å². The van der Waals surface area contributed by atoms with Crippen LogP contribution in [0.25, 0.3) is 21.7 Å². The summed E-state index contributed by atoms with van der Waals surface area (Å²) in [5.41, 5.74) is 1.77. The number of aromatic nitrogens is 4. The Morgan fingerprint density at radius 2 is 2.00 bits per heavy atom. The summed E-state index contributed by atoms with van der Waals surface area (Å²) in [6.07, 6.45) is 4.86. The predicted molar refractivity (Wildman–Crippen MR) is 72.9 cm³/mol. The molecule has 0 radical (unpaired) electrons. The average Bonchev–Trinajstić information content (AvgIpc) is 2.66. The van der Waals surface area contributed by atoms with Gasteiger partial charge in [-0.25, -0.2) is 15.0 Å². The molecule has 0 unspecified atom stereocenters. The number of rotatable bonds is 1. The van der Waals surface area contributed by atoms with Gasteiger partial charge in [0.1, 0.15) is 15.7 Å². The maximum absolute atomic E-state index is 6.24. The van der Waals surface area contributed by atoms with E-state index in [1.54, 1.807) is 29.9 Å². The zero-order valence-corrected chi connectivity index (χ0v) is 11.4. The Balaban J connectivity index is 2.28. The van der Waals surface area contributed by atoms with E-state index in [4.69, 9.17) is 11.6 Å². The summed E-state index contributed by atoms with van der Waals surface area (Å²) in [5.74, 6) is 0.516. The average molecular weight is 277 g/mol. The molecule has 0 saturated carbocycles. The second kappa shape index (κ2) is 4.26. The summed E-state index contributed by atoms with van der Waals surface area (Å²) in [4.78, 5) is 19.1. The molecule has 0 amide bonds. The minimum Gasteiger partial charge on any atom is -0.261 e. The Kier molecular flexibility index (Phi) is 2.72. The lowest BCUT2D eigenvalue weighted by Crippen LogP contribution is -1.93. The monoisotopic (exact) mass is 276 g/mol. The van der Waals surface area contributed by atoms with Gasteiger partial charge in [-0.3, -0.25) is 4.98 Å². The number of halogens is 1. The van der Waals surface area contributed by atoms with Crippen LogP contribution in [0.15, 0.2) is 18.6 Å². The third kappa shape index (κ3) is 1.76. The smallest absolute Gasteiger partial charge is 0.182 e. The van der Waals surface area contributed by atoms with Crippen LogP contribution < -0.4 is 0 Å². The molecule has 0 N–H and O–H groups in total. The number of thiophene rings is 1. The third-order valence-electron chi connectivity index (χ3n) is 2.78. The Morgan fingerprint density at radius 3 is 2.72 bits per heavy atom. The molecule has 6 heteroatoms. The quantitative estimate of drug-likeness (QED) is 0.639. The van der Waals surface area contributed by atoms with Crippen LogP contribution in [0.1, 0.15) is 10.4 Å². The molecule has 0 aliphatic heterocycles. The molecule has 3 rings (SSSR count). The van der Waals surface area contributed by atoms with Crippen LogP contribution in [0.5, 0.6) is 0 Å². The van der Waals surface area contributed by atoms with Gasteiger partial charge in [-0.15, -0.1) is 11.3 Å². The molecule has 90 valence electrons. The first-order valence-electron chi connectivity index (χ1n) is 5.36. The molecule has 3 aromatic heterocycles. The van der Waals surface area contributed by atoms with Gasteiger partial charge in [-0.1, -0.05) is 11.6 Å². The molecular formula is C12H9ClN4S. The van der Waals surface area contributed by atoms with Crippen LogP contribution in [0.3, 0.4) is 0 Å². The number of nitrogens with zero attached hydrogens (tertiary/aromatic N) is 4. The lowest BCUT2D eigenvalue weighted by atomic mass is 10.2. The largest absolute Gasteiger partial charge is 0.261 e. The fraction of sp³-hybridized carbons (Fsp3) is 0.167. The molecule has 0 spiro atoms. The molecule has 0 aliphatic rings. The molecule has 0 aromatic carbocycles. The summed E-state index contributed by atoms with van der Waals surface area (Å²) in [5, 5.41) is 1.41. The minimum atomic E-state index is 0.475. The van der Waals surface area contributed by atoms with Crippen LogP contribution in [-0.4, -0.2) is 19.9 Å². The van der Waals surface area contributed by atoms with Crippen LogP contribution in [0, 0.1) is 13.8 Å². The van der Waals surface area contributed by atoms with Gasteiger partial charge in [0.25, 0.3) is 0 Å². The predicted octanol–water partition coefficient (Wildman–Crippen LogP) is 3.42. The normalized spacial score (nSPS) is 11.1. The highest BCUT2D eigenvalue weighted by Crippen LogP contribution is 2.34. The second-order valence-corrected chi connectivity index (χ2v) is 5.45. The molecule has 3 heterocycles. The molecule has 0 saturated heterocycles. The maximum Gasteiger partial charge on any atom is 0.182 e. The van der Waals surface area contributed by atoms with Crippen molar-refractivity contribution in [1.29, 1.82) is 0 Å². The van der Waals surface area contributed by atoms with E-state index in [9.17, 15) is 0 Å². The van der Waals surface area contributed by atoms with Crippen LogP contribution in [0.2, 0.25) is 5.15 Å². The van der Waals surface area contributed by atoms with E-state index in [0.29, 0.717) is 16.7 Å². The van der Waals surface area contributed by atoms with E-state index in [-0.39, 0.29) is 0 Å². The Morgan fingerprint density at radius 1 is 1.17 bits per heavy atom. The van der Waals surface area contributed by atoms with Crippen LogP contribution in [0.4, 0.5) is 0 Å². The molecule has 0 bridgehead atoms. The number of hydrogen-bond acceptors (Lipinski definition) is 5. The van der Waals surface area contributed by atoms with Crippen molar-refractivity contribution in [2.24, 2.45) is 0 Å². The van der Waals surface area contributed by atoms with E-state index in [1.165, 1.54) is 4.88 Å². The van der Waals surface area contributed by atoms with Gasteiger partial charge in [0.2, 0.25) is 0 Å². The third-order valence-corrected chi connectivity index (χ3v) is 4.15. The van der Waals surface area contributed by atoms with Gasteiger partial charge < -0.3 is 0 Å². The van der Waals surface area contributed by atoms with Crippen molar-refractivity contribution in [1.82, 2.24) is 19.9 Å². The SMILES string of the molecule is Cc1sc2nc(-c3cnccn3)nc(Cl)c2c1C. The summed E-state index contributed by atoms with van der Waals surface area (Å²) in [7, 11) is 0. The number of hydrogen-bond donors (Lipinski definition) is 0. The first kappa shape index (κ1) is 11.5. The summed E-state index contributed by atoms with van der Waals surface area (Å²) in [6.45, 7) is 4.09. The highest BCUT2D eigenvalue weighted by Gasteiger charge is 2.14. The molecule has 0 aliphatic carbocycles. The van der Waals surface area contributed by atoms with Gasteiger partial charge in [0, 0.05) is 17.3 Å². The molecule has 0 fully saturated rings. The summed E-state index contributed by atoms with van der Waals surface area (Å²) >= 11 is 7.86. The Labute approximate surface area is 113 Å². The van der Waals surface area contributed by atoms with E-state index in [2.05, 4.69) is 26.9 Å². The highest BCUT2D eigenvalue weighted by molar-refractivity contribution is 7.18. The maximum atomic E-state index is 6.24. The molecule has 4 nitrogen and oxygen atoms in total. The number of aryl methyl sites for hydroxylation is 2. The van der Waals surface area contributed by atoms with E-state index >= 15 is 0 Å². The van der Waals surface area contributed by atoms with E-state index in [1.807, 2.05) is 6.92 Å². The Hall–Kier alpha value is -1.59. The van der Waals surface area contributed by atoms with Crippen LogP contribution in [-0.2, 0) is 0 Å². The zero-order chi connectivity index (χ0) is 12.7. The van der Waals surface area contributed by atoms with Gasteiger partial charge in [0.05, 0.1) is 11.6 Å². The topological polar surface area (TPSA) is 51.6 Å². The second-order valence-electron chi connectivity index (χ2n) is 3.89. The Bertz CT molecular complexity index is 724. The van der Waals surface area contributed by atoms with Crippen molar-refractivity contribution in [3.63, 3.8) is 0 Å². The van der Waals surface area contributed by atoms with Crippen molar-refractivity contribution in [2.75, 3.05) is 0 Å². The summed E-state index contributed by atoms with van der Waals surface area (Å²) < 4.78 is 0. The van der Waals surface area contributed by atoms with Crippen molar-refractivity contribution < 1.29 is 0 Å². The van der Waals surface area contributed by atoms with Crippen molar-refractivity contribution in [3.8, 4) is 11.5 Å². The molecular weight excluding hydrogens is 268 g/mol. The lowest BCUT2D eigenvalue weighted by molar-refractivity contribution is 1.14. The van der Waals surface area contributed by atoms with Crippen LogP contribution >= 0.6 is 22.9 Å². The highest BCUT2D eigenvalue weighted by atomic mass is 35.5. The van der Waals surface area contributed by atoms with Crippen molar-refractivity contribution in [2.45, 2.75) is 13.8 Å². The first-order valence-corrected chi connectivity index (χ1v) is 6.56. The van der Waals surface area contributed by atoms with Crippen molar-refractivity contribution in [3.05, 3.63) is 34.2 Å². The van der Waals surface area contributed by atoms with E-state index < -0.39 is 0 Å². The van der Waals surface area contributed by atoms with Gasteiger partial charge >= 0.3 is 0 Å². The first-order chi connectivity index (χ1) is 8.66. The lowest BCUT2D eigenvalue weighted by Gasteiger charge is -2.00.